The predicted molar refractivity (Wildman–Crippen MR) is 47.8 cm³/mol. The number of nitrogens with two attached hydrogens (primary N) is 1. The molecule has 2 fully saturated rings. The van der Waals surface area contributed by atoms with Crippen molar-refractivity contribution in [2.75, 3.05) is 26.2 Å². The minimum absolute atomic E-state index is 0.464. The van der Waals surface area contributed by atoms with Gasteiger partial charge in [-0.15, -0.1) is 0 Å². The van der Waals surface area contributed by atoms with E-state index in [0.29, 0.717) is 6.54 Å². The third-order valence-corrected chi connectivity index (χ3v) is 3.17. The van der Waals surface area contributed by atoms with Crippen LogP contribution < -0.4 is 5.73 Å². The molecule has 0 aromatic heterocycles. The molecular weight excluding hydrogens is 152 g/mol. The van der Waals surface area contributed by atoms with Crippen LogP contribution in [0.1, 0.15) is 19.3 Å². The lowest BCUT2D eigenvalue weighted by molar-refractivity contribution is -0.0326. The summed E-state index contributed by atoms with van der Waals surface area (Å²) in [7, 11) is 0. The summed E-state index contributed by atoms with van der Waals surface area (Å²) in [6, 6.07) is 0. The van der Waals surface area contributed by atoms with Crippen molar-refractivity contribution in [3.05, 3.63) is 0 Å². The van der Waals surface area contributed by atoms with E-state index in [0.717, 1.165) is 25.3 Å². The number of hydrogen-bond donors (Lipinski definition) is 2. The molecule has 0 radical (unpaired) electrons. The Labute approximate surface area is 73.5 Å². The van der Waals surface area contributed by atoms with Gasteiger partial charge in [-0.05, 0) is 38.3 Å². The summed E-state index contributed by atoms with van der Waals surface area (Å²) in [5.74, 6) is 0.732. The SMILES string of the molecule is NCCC1(O)CC2CCN(C2)C1. The molecular formula is C9H18N2O. The molecule has 2 saturated heterocycles. The fraction of sp³-hybridized carbons (Fsp3) is 1.00. The fourth-order valence-electron chi connectivity index (χ4n) is 2.69. The van der Waals surface area contributed by atoms with Crippen LogP contribution in [0.4, 0.5) is 0 Å². The van der Waals surface area contributed by atoms with E-state index in [9.17, 15) is 5.11 Å². The second-order valence-electron chi connectivity index (χ2n) is 4.36. The van der Waals surface area contributed by atoms with Crippen molar-refractivity contribution < 1.29 is 5.11 Å². The number of hydrogen-bond acceptors (Lipinski definition) is 3. The Morgan fingerprint density at radius 1 is 1.58 bits per heavy atom. The van der Waals surface area contributed by atoms with Gasteiger partial charge in [-0.3, -0.25) is 0 Å². The average Bonchev–Trinajstić information content (AvgIpc) is 2.31. The maximum absolute atomic E-state index is 10.1. The lowest BCUT2D eigenvalue weighted by Gasteiger charge is -2.37. The quantitative estimate of drug-likeness (QED) is 0.603. The molecule has 2 aliphatic heterocycles. The van der Waals surface area contributed by atoms with Crippen LogP contribution in [0.25, 0.3) is 0 Å². The molecule has 2 bridgehead atoms. The van der Waals surface area contributed by atoms with Gasteiger partial charge in [0.1, 0.15) is 0 Å². The Hall–Kier alpha value is -0.120. The standard InChI is InChI=1S/C9H18N2O/c10-3-2-9(12)5-8-1-4-11(6-8)7-9/h8,12H,1-7,10H2. The summed E-state index contributed by atoms with van der Waals surface area (Å²) in [5, 5.41) is 10.1. The van der Waals surface area contributed by atoms with Crippen molar-refractivity contribution in [1.29, 1.82) is 0 Å². The molecule has 0 amide bonds. The second-order valence-corrected chi connectivity index (χ2v) is 4.36. The number of nitrogens with zero attached hydrogens (tertiary/aromatic N) is 1. The Morgan fingerprint density at radius 3 is 3.08 bits per heavy atom. The van der Waals surface area contributed by atoms with Gasteiger partial charge >= 0.3 is 0 Å². The smallest absolute Gasteiger partial charge is 0.0789 e. The van der Waals surface area contributed by atoms with Gasteiger partial charge in [0.2, 0.25) is 0 Å². The first-order valence-electron chi connectivity index (χ1n) is 4.87. The lowest BCUT2D eigenvalue weighted by atomic mass is 9.85. The van der Waals surface area contributed by atoms with Gasteiger partial charge in [0.05, 0.1) is 5.60 Å². The minimum Gasteiger partial charge on any atom is -0.388 e. The summed E-state index contributed by atoms with van der Waals surface area (Å²) in [6.45, 7) is 3.84. The van der Waals surface area contributed by atoms with E-state index < -0.39 is 5.60 Å². The Bertz CT molecular complexity index is 160. The summed E-state index contributed by atoms with van der Waals surface area (Å²) in [6.07, 6.45) is 3.01. The highest BCUT2D eigenvalue weighted by molar-refractivity contribution is 4.95. The monoisotopic (exact) mass is 170 g/mol. The lowest BCUT2D eigenvalue weighted by Crippen LogP contribution is -2.48. The first-order chi connectivity index (χ1) is 5.72. The van der Waals surface area contributed by atoms with Crippen LogP contribution in [0, 0.1) is 5.92 Å². The van der Waals surface area contributed by atoms with Crippen molar-refractivity contribution in [3.8, 4) is 0 Å². The largest absolute Gasteiger partial charge is 0.388 e. The number of rotatable bonds is 2. The van der Waals surface area contributed by atoms with Crippen LogP contribution >= 0.6 is 0 Å². The molecule has 3 N–H and O–H groups in total. The average molecular weight is 170 g/mol. The van der Waals surface area contributed by atoms with Crippen LogP contribution in [0.3, 0.4) is 0 Å². The molecule has 0 spiro atoms. The van der Waals surface area contributed by atoms with Gasteiger partial charge in [0, 0.05) is 13.1 Å². The molecule has 2 aliphatic rings. The molecule has 70 valence electrons. The Kier molecular flexibility index (Phi) is 2.10. The highest BCUT2D eigenvalue weighted by Crippen LogP contribution is 2.34. The summed E-state index contributed by atoms with van der Waals surface area (Å²) in [4.78, 5) is 2.36. The third kappa shape index (κ3) is 1.49. The first kappa shape index (κ1) is 8.48. The van der Waals surface area contributed by atoms with E-state index >= 15 is 0 Å². The summed E-state index contributed by atoms with van der Waals surface area (Å²) < 4.78 is 0. The van der Waals surface area contributed by atoms with Crippen molar-refractivity contribution in [3.63, 3.8) is 0 Å². The molecule has 0 aliphatic carbocycles. The number of fused-ring (bicyclic) bond motifs is 2. The minimum atomic E-state index is -0.464. The van der Waals surface area contributed by atoms with Gasteiger partial charge in [-0.25, -0.2) is 0 Å². The van der Waals surface area contributed by atoms with Crippen LogP contribution in [0.15, 0.2) is 0 Å². The van der Waals surface area contributed by atoms with Gasteiger partial charge in [-0.1, -0.05) is 0 Å². The third-order valence-electron chi connectivity index (χ3n) is 3.17. The normalized spacial score (nSPS) is 46.5. The van der Waals surface area contributed by atoms with Crippen molar-refractivity contribution in [2.24, 2.45) is 11.7 Å². The summed E-state index contributed by atoms with van der Waals surface area (Å²) in [5.41, 5.74) is 5.01. The highest BCUT2D eigenvalue weighted by atomic mass is 16.3. The maximum atomic E-state index is 10.1. The fourth-order valence-corrected chi connectivity index (χ4v) is 2.69. The van der Waals surface area contributed by atoms with Crippen molar-refractivity contribution >= 4 is 0 Å². The zero-order valence-electron chi connectivity index (χ0n) is 7.50. The van der Waals surface area contributed by atoms with E-state index in [2.05, 4.69) is 4.90 Å². The highest BCUT2D eigenvalue weighted by Gasteiger charge is 2.40. The van der Waals surface area contributed by atoms with Crippen LogP contribution in [0.5, 0.6) is 0 Å². The predicted octanol–water partition coefficient (Wildman–Crippen LogP) is -0.208. The van der Waals surface area contributed by atoms with Crippen molar-refractivity contribution in [1.82, 2.24) is 4.90 Å². The topological polar surface area (TPSA) is 49.5 Å². The number of aliphatic hydroxyl groups is 1. The van der Waals surface area contributed by atoms with Crippen LogP contribution in [-0.2, 0) is 0 Å². The first-order valence-corrected chi connectivity index (χ1v) is 4.87. The molecule has 3 nitrogen and oxygen atoms in total. The van der Waals surface area contributed by atoms with Gasteiger partial charge in [0.25, 0.3) is 0 Å². The molecule has 3 atom stereocenters. The molecule has 0 aromatic rings. The molecule has 3 unspecified atom stereocenters. The molecule has 0 aromatic carbocycles. The molecule has 2 heterocycles. The molecule has 12 heavy (non-hydrogen) atoms. The summed E-state index contributed by atoms with van der Waals surface area (Å²) >= 11 is 0. The van der Waals surface area contributed by atoms with Gasteiger partial charge in [-0.2, -0.15) is 0 Å². The zero-order chi connectivity index (χ0) is 8.60. The van der Waals surface area contributed by atoms with Crippen molar-refractivity contribution in [2.45, 2.75) is 24.9 Å². The maximum Gasteiger partial charge on any atom is 0.0789 e. The van der Waals surface area contributed by atoms with Gasteiger partial charge in [0.15, 0.2) is 0 Å². The van der Waals surface area contributed by atoms with E-state index in [4.69, 9.17) is 5.73 Å². The van der Waals surface area contributed by atoms with Gasteiger partial charge < -0.3 is 15.7 Å². The van der Waals surface area contributed by atoms with E-state index in [1.807, 2.05) is 0 Å². The van der Waals surface area contributed by atoms with Crippen LogP contribution in [-0.4, -0.2) is 41.8 Å². The molecule has 3 heteroatoms. The van der Waals surface area contributed by atoms with E-state index in [-0.39, 0.29) is 0 Å². The zero-order valence-corrected chi connectivity index (χ0v) is 7.50. The van der Waals surface area contributed by atoms with E-state index in [1.54, 1.807) is 0 Å². The second kappa shape index (κ2) is 2.98. The Morgan fingerprint density at radius 2 is 2.42 bits per heavy atom. The molecule has 0 saturated carbocycles. The van der Waals surface area contributed by atoms with Crippen LogP contribution in [0.2, 0.25) is 0 Å². The molecule has 2 rings (SSSR count). The van der Waals surface area contributed by atoms with E-state index in [1.165, 1.54) is 19.5 Å². The number of piperidine rings is 1. The Balaban J connectivity index is 2.00.